The lowest BCUT2D eigenvalue weighted by molar-refractivity contribution is -0.141. The van der Waals surface area contributed by atoms with Crippen molar-refractivity contribution in [2.45, 2.75) is 12.5 Å². The van der Waals surface area contributed by atoms with Gasteiger partial charge in [0.2, 0.25) is 0 Å². The lowest BCUT2D eigenvalue weighted by Gasteiger charge is -2.07. The summed E-state index contributed by atoms with van der Waals surface area (Å²) >= 11 is 5.76. The van der Waals surface area contributed by atoms with Gasteiger partial charge in [-0.1, -0.05) is 28.9 Å². The summed E-state index contributed by atoms with van der Waals surface area (Å²) in [6.07, 6.45) is -0.0691. The summed E-state index contributed by atoms with van der Waals surface area (Å²) in [6, 6.07) is 5.95. The molecule has 1 atom stereocenters. The number of carbonyl (C=O) groups is 1. The highest BCUT2D eigenvalue weighted by Crippen LogP contribution is 2.23. The van der Waals surface area contributed by atoms with Crippen LogP contribution < -0.4 is 0 Å². The molecule has 1 rings (SSSR count). The molecule has 0 saturated carbocycles. The van der Waals surface area contributed by atoms with Crippen LogP contribution in [0.1, 0.15) is 18.0 Å². The fourth-order valence-electron chi connectivity index (χ4n) is 1.17. The highest BCUT2D eigenvalue weighted by atomic mass is 35.5. The first-order valence-electron chi connectivity index (χ1n) is 4.32. The molecule has 4 nitrogen and oxygen atoms in total. The molecule has 15 heavy (non-hydrogen) atoms. The summed E-state index contributed by atoms with van der Waals surface area (Å²) in [4.78, 5) is 21.6. The molecular formula is C10H10ClNO3. The molecule has 0 heterocycles. The van der Waals surface area contributed by atoms with E-state index in [1.54, 1.807) is 24.3 Å². The van der Waals surface area contributed by atoms with Crippen LogP contribution in [0.5, 0.6) is 0 Å². The van der Waals surface area contributed by atoms with Crippen molar-refractivity contribution in [2.75, 3.05) is 7.11 Å². The molecule has 0 spiro atoms. The highest BCUT2D eigenvalue weighted by molar-refractivity contribution is 6.30. The van der Waals surface area contributed by atoms with Crippen molar-refractivity contribution >= 4 is 17.6 Å². The van der Waals surface area contributed by atoms with E-state index in [2.05, 4.69) is 9.91 Å². The molecule has 0 fully saturated rings. The fourth-order valence-corrected chi connectivity index (χ4v) is 1.37. The zero-order valence-corrected chi connectivity index (χ0v) is 8.90. The normalized spacial score (nSPS) is 11.9. The van der Waals surface area contributed by atoms with E-state index in [1.807, 2.05) is 0 Å². The number of hydrogen-bond donors (Lipinski definition) is 0. The molecule has 0 unspecified atom stereocenters. The van der Waals surface area contributed by atoms with Crippen molar-refractivity contribution in [1.82, 2.24) is 0 Å². The van der Waals surface area contributed by atoms with E-state index in [-0.39, 0.29) is 6.42 Å². The molecule has 0 aliphatic rings. The molecule has 1 aromatic rings. The Morgan fingerprint density at radius 2 is 2.33 bits per heavy atom. The van der Waals surface area contributed by atoms with E-state index < -0.39 is 12.0 Å². The van der Waals surface area contributed by atoms with Crippen LogP contribution >= 0.6 is 11.6 Å². The fraction of sp³-hybridized carbons (Fsp3) is 0.300. The van der Waals surface area contributed by atoms with Crippen LogP contribution in [0.2, 0.25) is 5.02 Å². The van der Waals surface area contributed by atoms with Gasteiger partial charge in [-0.3, -0.25) is 4.79 Å². The van der Waals surface area contributed by atoms with Gasteiger partial charge in [0, 0.05) is 5.02 Å². The minimum atomic E-state index is -0.740. The number of halogens is 1. The van der Waals surface area contributed by atoms with E-state index in [0.29, 0.717) is 10.6 Å². The van der Waals surface area contributed by atoms with Crippen molar-refractivity contribution in [2.24, 2.45) is 5.18 Å². The summed E-state index contributed by atoms with van der Waals surface area (Å²) in [5, 5.41) is 3.38. The van der Waals surface area contributed by atoms with Gasteiger partial charge < -0.3 is 4.74 Å². The number of rotatable bonds is 4. The van der Waals surface area contributed by atoms with Crippen LogP contribution in [0.15, 0.2) is 29.4 Å². The Balaban J connectivity index is 2.83. The smallest absolute Gasteiger partial charge is 0.308 e. The van der Waals surface area contributed by atoms with Gasteiger partial charge in [0.1, 0.15) is 6.04 Å². The Hall–Kier alpha value is -1.42. The van der Waals surface area contributed by atoms with Gasteiger partial charge in [0.25, 0.3) is 0 Å². The molecular weight excluding hydrogens is 218 g/mol. The summed E-state index contributed by atoms with van der Waals surface area (Å²) in [5.74, 6) is -0.473. The first-order chi connectivity index (χ1) is 7.17. The van der Waals surface area contributed by atoms with Crippen molar-refractivity contribution in [3.05, 3.63) is 39.8 Å². The Labute approximate surface area is 92.2 Å². The van der Waals surface area contributed by atoms with Crippen molar-refractivity contribution < 1.29 is 9.53 Å². The summed E-state index contributed by atoms with van der Waals surface area (Å²) in [6.45, 7) is 0. The SMILES string of the molecule is COC(=O)C[C@H](N=O)c1cccc(Cl)c1. The third-order valence-corrected chi connectivity index (χ3v) is 2.18. The number of nitrogens with zero attached hydrogens (tertiary/aromatic N) is 1. The largest absolute Gasteiger partial charge is 0.469 e. The van der Waals surface area contributed by atoms with Gasteiger partial charge in [-0.15, -0.1) is 0 Å². The number of nitroso groups, excluding NO2 is 1. The average Bonchev–Trinajstić information content (AvgIpc) is 2.25. The first kappa shape index (κ1) is 11.7. The number of ether oxygens (including phenoxy) is 1. The van der Waals surface area contributed by atoms with Crippen molar-refractivity contribution in [3.8, 4) is 0 Å². The first-order valence-corrected chi connectivity index (χ1v) is 4.70. The van der Waals surface area contributed by atoms with E-state index in [9.17, 15) is 9.70 Å². The zero-order valence-electron chi connectivity index (χ0n) is 8.14. The van der Waals surface area contributed by atoms with E-state index in [1.165, 1.54) is 7.11 Å². The summed E-state index contributed by atoms with van der Waals surface area (Å²) in [7, 11) is 1.27. The Morgan fingerprint density at radius 1 is 1.60 bits per heavy atom. The third kappa shape index (κ3) is 3.32. The number of benzene rings is 1. The summed E-state index contributed by atoms with van der Waals surface area (Å²) < 4.78 is 4.46. The van der Waals surface area contributed by atoms with Gasteiger partial charge in [-0.05, 0) is 17.7 Å². The molecule has 0 radical (unpaired) electrons. The van der Waals surface area contributed by atoms with Gasteiger partial charge in [-0.25, -0.2) is 0 Å². The lowest BCUT2D eigenvalue weighted by atomic mass is 10.1. The van der Waals surface area contributed by atoms with Crippen LogP contribution in [0.4, 0.5) is 0 Å². The van der Waals surface area contributed by atoms with E-state index in [0.717, 1.165) is 0 Å². The van der Waals surface area contributed by atoms with E-state index in [4.69, 9.17) is 11.6 Å². The predicted molar refractivity (Wildman–Crippen MR) is 56.6 cm³/mol. The number of carbonyl (C=O) groups excluding carboxylic acids is 1. The maximum atomic E-state index is 11.0. The second kappa shape index (κ2) is 5.46. The second-order valence-electron chi connectivity index (χ2n) is 2.96. The molecule has 1 aromatic carbocycles. The average molecular weight is 228 g/mol. The lowest BCUT2D eigenvalue weighted by Crippen LogP contribution is -2.06. The predicted octanol–water partition coefficient (Wildman–Crippen LogP) is 2.71. The third-order valence-electron chi connectivity index (χ3n) is 1.95. The molecule has 0 bridgehead atoms. The number of hydrogen-bond acceptors (Lipinski definition) is 4. The number of esters is 1. The Bertz CT molecular complexity index is 367. The van der Waals surface area contributed by atoms with Crippen LogP contribution in [0.25, 0.3) is 0 Å². The van der Waals surface area contributed by atoms with Crippen LogP contribution in [0, 0.1) is 4.91 Å². The van der Waals surface area contributed by atoms with Gasteiger partial charge in [0.15, 0.2) is 0 Å². The minimum absolute atomic E-state index is 0.0691. The van der Waals surface area contributed by atoms with Crippen LogP contribution in [0.3, 0.4) is 0 Å². The van der Waals surface area contributed by atoms with Gasteiger partial charge in [0.05, 0.1) is 13.5 Å². The molecule has 0 aliphatic carbocycles. The summed E-state index contributed by atoms with van der Waals surface area (Å²) in [5.41, 5.74) is 0.614. The van der Waals surface area contributed by atoms with E-state index >= 15 is 0 Å². The monoisotopic (exact) mass is 227 g/mol. The van der Waals surface area contributed by atoms with Crippen molar-refractivity contribution in [1.29, 1.82) is 0 Å². The molecule has 0 aromatic heterocycles. The molecule has 5 heteroatoms. The number of methoxy groups -OCH3 is 1. The molecule has 0 N–H and O–H groups in total. The highest BCUT2D eigenvalue weighted by Gasteiger charge is 2.17. The standard InChI is InChI=1S/C10H10ClNO3/c1-15-10(13)6-9(12-14)7-3-2-4-8(11)5-7/h2-5,9H,6H2,1H3/t9-/m0/s1. The molecule has 0 amide bonds. The van der Waals surface area contributed by atoms with Crippen LogP contribution in [-0.2, 0) is 9.53 Å². The second-order valence-corrected chi connectivity index (χ2v) is 3.39. The quantitative estimate of drug-likeness (QED) is 0.587. The molecule has 0 aliphatic heterocycles. The minimum Gasteiger partial charge on any atom is -0.469 e. The Kier molecular flexibility index (Phi) is 4.24. The topological polar surface area (TPSA) is 55.7 Å². The maximum Gasteiger partial charge on any atom is 0.308 e. The maximum absolute atomic E-state index is 11.0. The van der Waals surface area contributed by atoms with Gasteiger partial charge in [-0.2, -0.15) is 4.91 Å². The van der Waals surface area contributed by atoms with Crippen LogP contribution in [-0.4, -0.2) is 13.1 Å². The van der Waals surface area contributed by atoms with Crippen molar-refractivity contribution in [3.63, 3.8) is 0 Å². The zero-order chi connectivity index (χ0) is 11.3. The van der Waals surface area contributed by atoms with Gasteiger partial charge >= 0.3 is 5.97 Å². The Morgan fingerprint density at radius 3 is 2.87 bits per heavy atom. The molecule has 0 saturated heterocycles. The molecule has 80 valence electrons.